The monoisotopic (exact) mass is 336 g/mol. The lowest BCUT2D eigenvalue weighted by Gasteiger charge is -2.31. The van der Waals surface area contributed by atoms with E-state index in [1.165, 1.54) is 0 Å². The summed E-state index contributed by atoms with van der Waals surface area (Å²) < 4.78 is 40.0. The van der Waals surface area contributed by atoms with E-state index in [9.17, 15) is 18.0 Å². The van der Waals surface area contributed by atoms with Gasteiger partial charge in [-0.05, 0) is 25.6 Å². The van der Waals surface area contributed by atoms with E-state index >= 15 is 0 Å². The number of hydrogen-bond donors (Lipinski definition) is 4. The van der Waals surface area contributed by atoms with Crippen molar-refractivity contribution in [2.45, 2.75) is 31.6 Å². The Morgan fingerprint density at radius 3 is 2.77 bits per heavy atom. The zero-order chi connectivity index (χ0) is 16.5. The largest absolute Gasteiger partial charge is 0.410 e. The third-order valence-corrected chi connectivity index (χ3v) is 3.50. The number of nitrogens with zero attached hydrogens (tertiary/aromatic N) is 2. The van der Waals surface area contributed by atoms with Crippen LogP contribution in [0.1, 0.15) is 29.7 Å². The molecule has 0 saturated heterocycles. The van der Waals surface area contributed by atoms with E-state index in [2.05, 4.69) is 26.6 Å². The fourth-order valence-corrected chi connectivity index (χ4v) is 2.20. The maximum absolute atomic E-state index is 13.1. The molecule has 0 saturated carbocycles. The number of amides is 1. The van der Waals surface area contributed by atoms with Crippen LogP contribution >= 0.6 is 12.2 Å². The van der Waals surface area contributed by atoms with E-state index in [4.69, 9.17) is 12.2 Å². The lowest BCUT2D eigenvalue weighted by Crippen LogP contribution is -2.46. The average molecular weight is 336 g/mol. The molecule has 7 nitrogen and oxygen atoms in total. The van der Waals surface area contributed by atoms with Crippen molar-refractivity contribution in [3.05, 3.63) is 11.8 Å². The normalized spacial score (nSPS) is 20.6. The minimum atomic E-state index is -4.43. The highest BCUT2D eigenvalue weighted by Gasteiger charge is 2.46. The summed E-state index contributed by atoms with van der Waals surface area (Å²) in [5, 5.41) is 9.31. The summed E-state index contributed by atoms with van der Waals surface area (Å²) in [6.45, 7) is 1.62. The van der Waals surface area contributed by atoms with Crippen molar-refractivity contribution < 1.29 is 18.0 Å². The van der Waals surface area contributed by atoms with Gasteiger partial charge in [0.1, 0.15) is 11.4 Å². The van der Waals surface area contributed by atoms with Crippen LogP contribution in [0.15, 0.2) is 6.20 Å². The molecule has 0 aromatic carbocycles. The molecule has 0 unspecified atom stereocenters. The second kappa shape index (κ2) is 5.99. The van der Waals surface area contributed by atoms with Gasteiger partial charge in [-0.15, -0.1) is 0 Å². The number of nitrogens with one attached hydrogen (secondary N) is 4. The van der Waals surface area contributed by atoms with Crippen molar-refractivity contribution >= 4 is 29.1 Å². The van der Waals surface area contributed by atoms with Gasteiger partial charge in [-0.2, -0.15) is 18.3 Å². The number of fused-ring (bicyclic) bond motifs is 1. The second-order valence-corrected chi connectivity index (χ2v) is 5.26. The minimum Gasteiger partial charge on any atom is -0.367 e. The maximum Gasteiger partial charge on any atom is 0.410 e. The second-order valence-electron chi connectivity index (χ2n) is 4.85. The Bertz CT molecular complexity index is 587. The first-order chi connectivity index (χ1) is 10.2. The average Bonchev–Trinajstić information content (AvgIpc) is 2.85. The lowest BCUT2D eigenvalue weighted by atomic mass is 10.1. The number of carbonyl (C=O) groups is 1. The first-order valence-corrected chi connectivity index (χ1v) is 6.83. The molecule has 2 rings (SSSR count). The quantitative estimate of drug-likeness (QED) is 0.451. The van der Waals surface area contributed by atoms with Crippen LogP contribution < -0.4 is 21.5 Å². The Kier molecular flexibility index (Phi) is 4.44. The van der Waals surface area contributed by atoms with E-state index in [0.717, 1.165) is 10.9 Å². The molecule has 1 aliphatic rings. The summed E-state index contributed by atoms with van der Waals surface area (Å²) in [5.41, 5.74) is 4.71. The molecule has 2 atom stereocenters. The summed E-state index contributed by atoms with van der Waals surface area (Å²) in [6, 6.07) is -2.19. The highest BCUT2D eigenvalue weighted by molar-refractivity contribution is 7.80. The summed E-state index contributed by atoms with van der Waals surface area (Å²) in [5.74, 6) is -0.600. The van der Waals surface area contributed by atoms with Crippen LogP contribution in [0.25, 0.3) is 0 Å². The number of aromatic nitrogens is 2. The van der Waals surface area contributed by atoms with Gasteiger partial charge in [0.2, 0.25) is 0 Å². The smallest absolute Gasteiger partial charge is 0.367 e. The van der Waals surface area contributed by atoms with E-state index in [0.29, 0.717) is 0 Å². The zero-order valence-electron chi connectivity index (χ0n) is 11.8. The number of hydrogen-bond acceptors (Lipinski definition) is 4. The van der Waals surface area contributed by atoms with Crippen molar-refractivity contribution in [1.82, 2.24) is 25.9 Å². The van der Waals surface area contributed by atoms with Gasteiger partial charge >= 0.3 is 6.18 Å². The molecule has 4 N–H and O–H groups in total. The van der Waals surface area contributed by atoms with Gasteiger partial charge in [-0.3, -0.25) is 15.6 Å². The maximum atomic E-state index is 13.1. The highest BCUT2D eigenvalue weighted by Crippen LogP contribution is 2.39. The fraction of sp³-hybridized carbons (Fsp3) is 0.545. The van der Waals surface area contributed by atoms with Crippen LogP contribution in [-0.4, -0.2) is 40.1 Å². The topological polar surface area (TPSA) is 83.0 Å². The lowest BCUT2D eigenvalue weighted by molar-refractivity contribution is -0.173. The molecule has 0 fully saturated rings. The van der Waals surface area contributed by atoms with E-state index in [1.54, 1.807) is 14.0 Å². The van der Waals surface area contributed by atoms with Gasteiger partial charge in [-0.1, -0.05) is 0 Å². The van der Waals surface area contributed by atoms with Gasteiger partial charge in [-0.25, -0.2) is 4.68 Å². The van der Waals surface area contributed by atoms with Crippen LogP contribution in [0.4, 0.5) is 19.0 Å². The van der Waals surface area contributed by atoms with Crippen molar-refractivity contribution in [1.29, 1.82) is 0 Å². The molecule has 2 heterocycles. The molecule has 1 amide bonds. The van der Waals surface area contributed by atoms with Gasteiger partial charge in [0.05, 0.1) is 6.20 Å². The molecule has 0 spiro atoms. The SMILES string of the molecule is CNC(=S)NNC(=O)c1cnn2c1N[C@H](C)C[C@@H]2C(F)(F)F. The number of thiocarbonyl (C=S) groups is 1. The standard InChI is InChI=1S/C11H15F3N6OS/c1-5-3-7(11(12,13)14)20-8(17-5)6(4-16-20)9(21)18-19-10(22)15-2/h4-5,7,17H,3H2,1-2H3,(H,18,21)(H2,15,19,22)/t5-,7-/m1/s1. The van der Waals surface area contributed by atoms with Crippen LogP contribution in [0.5, 0.6) is 0 Å². The summed E-state index contributed by atoms with van der Waals surface area (Å²) in [4.78, 5) is 12.0. The predicted octanol–water partition coefficient (Wildman–Crippen LogP) is 0.929. The summed E-state index contributed by atoms with van der Waals surface area (Å²) >= 11 is 4.79. The number of rotatable bonds is 1. The molecule has 0 radical (unpaired) electrons. The van der Waals surface area contributed by atoms with E-state index in [1.807, 2.05) is 0 Å². The molecule has 1 aliphatic heterocycles. The van der Waals surface area contributed by atoms with Gasteiger partial charge < -0.3 is 10.6 Å². The molecule has 1 aromatic heterocycles. The number of anilines is 1. The van der Waals surface area contributed by atoms with Crippen molar-refractivity contribution in [3.63, 3.8) is 0 Å². The number of hydrazine groups is 1. The minimum absolute atomic E-state index is 0.00667. The van der Waals surface area contributed by atoms with E-state index in [-0.39, 0.29) is 22.9 Å². The van der Waals surface area contributed by atoms with Crippen LogP contribution in [-0.2, 0) is 0 Å². The van der Waals surface area contributed by atoms with Crippen molar-refractivity contribution in [2.75, 3.05) is 12.4 Å². The highest BCUT2D eigenvalue weighted by atomic mass is 32.1. The molecule has 0 aliphatic carbocycles. The molecule has 122 valence electrons. The van der Waals surface area contributed by atoms with Gasteiger partial charge in [0.15, 0.2) is 11.2 Å². The predicted molar refractivity (Wildman–Crippen MR) is 77.3 cm³/mol. The van der Waals surface area contributed by atoms with Gasteiger partial charge in [0.25, 0.3) is 5.91 Å². The molecule has 0 bridgehead atoms. The molecule has 11 heteroatoms. The molecular weight excluding hydrogens is 321 g/mol. The Hall–Kier alpha value is -2.04. The number of halogens is 3. The fourth-order valence-electron chi connectivity index (χ4n) is 2.15. The first-order valence-electron chi connectivity index (χ1n) is 6.43. The van der Waals surface area contributed by atoms with Crippen molar-refractivity contribution in [2.24, 2.45) is 0 Å². The van der Waals surface area contributed by atoms with E-state index < -0.39 is 24.2 Å². The summed E-state index contributed by atoms with van der Waals surface area (Å²) in [7, 11) is 1.56. The van der Waals surface area contributed by atoms with Crippen LogP contribution in [0.2, 0.25) is 0 Å². The third kappa shape index (κ3) is 3.24. The third-order valence-electron chi connectivity index (χ3n) is 3.19. The summed E-state index contributed by atoms with van der Waals surface area (Å²) in [6.07, 6.45) is -3.49. The molecular formula is C11H15F3N6OS. The van der Waals surface area contributed by atoms with Crippen LogP contribution in [0, 0.1) is 0 Å². The number of alkyl halides is 3. The van der Waals surface area contributed by atoms with Crippen LogP contribution in [0.3, 0.4) is 0 Å². The Morgan fingerprint density at radius 2 is 2.18 bits per heavy atom. The van der Waals surface area contributed by atoms with Gasteiger partial charge in [0, 0.05) is 13.1 Å². The first kappa shape index (κ1) is 16.3. The zero-order valence-corrected chi connectivity index (χ0v) is 12.6. The number of carbonyl (C=O) groups excluding carboxylic acids is 1. The Morgan fingerprint density at radius 1 is 1.50 bits per heavy atom. The molecule has 22 heavy (non-hydrogen) atoms. The Balaban J connectivity index is 2.25. The van der Waals surface area contributed by atoms with Crippen molar-refractivity contribution in [3.8, 4) is 0 Å². The molecule has 1 aromatic rings. The Labute approximate surface area is 129 Å².